The third-order valence-corrected chi connectivity index (χ3v) is 3.02. The van der Waals surface area contributed by atoms with Gasteiger partial charge in [-0.3, -0.25) is 9.78 Å². The average molecular weight is 255 g/mol. The Morgan fingerprint density at radius 3 is 2.74 bits per heavy atom. The molecule has 3 nitrogen and oxygen atoms in total. The first-order valence-electron chi connectivity index (χ1n) is 6.36. The van der Waals surface area contributed by atoms with Gasteiger partial charge in [0.05, 0.1) is 18.9 Å². The minimum absolute atomic E-state index is 0.107. The molecule has 0 radical (unpaired) electrons. The number of nitrogens with zero attached hydrogens (tertiary/aromatic N) is 1. The van der Waals surface area contributed by atoms with Gasteiger partial charge in [-0.05, 0) is 24.5 Å². The number of rotatable bonds is 6. The van der Waals surface area contributed by atoms with E-state index in [2.05, 4.69) is 17.1 Å². The molecule has 0 fully saturated rings. The zero-order chi connectivity index (χ0) is 13.5. The fourth-order valence-corrected chi connectivity index (χ4v) is 2.01. The van der Waals surface area contributed by atoms with Crippen molar-refractivity contribution in [2.45, 2.75) is 19.3 Å². The summed E-state index contributed by atoms with van der Waals surface area (Å²) in [7, 11) is 1.55. The lowest BCUT2D eigenvalue weighted by atomic mass is 10.0. The molecule has 1 heterocycles. The number of ether oxygens (including phenoxy) is 1. The Kier molecular flexibility index (Phi) is 4.67. The van der Waals surface area contributed by atoms with Gasteiger partial charge in [-0.25, -0.2) is 0 Å². The summed E-state index contributed by atoms with van der Waals surface area (Å²) in [6, 6.07) is 11.9. The van der Waals surface area contributed by atoms with Crippen LogP contribution in [0.5, 0.6) is 5.75 Å². The molecule has 0 aliphatic carbocycles. The average Bonchev–Trinajstić information content (AvgIpc) is 2.48. The molecule has 1 aromatic carbocycles. The second-order valence-corrected chi connectivity index (χ2v) is 4.34. The van der Waals surface area contributed by atoms with E-state index in [1.165, 1.54) is 5.56 Å². The van der Waals surface area contributed by atoms with Crippen molar-refractivity contribution in [3.63, 3.8) is 0 Å². The molecule has 0 bridgehead atoms. The molecule has 0 atom stereocenters. The van der Waals surface area contributed by atoms with Crippen molar-refractivity contribution in [1.82, 2.24) is 4.98 Å². The lowest BCUT2D eigenvalue weighted by Gasteiger charge is -2.06. The molecule has 0 N–H and O–H groups in total. The lowest BCUT2D eigenvalue weighted by molar-refractivity contribution is 0.0977. The number of ketones is 1. The Hall–Kier alpha value is -2.16. The molecule has 0 saturated carbocycles. The SMILES string of the molecule is COc1cnccc1C(=O)CCCc1ccccc1. The van der Waals surface area contributed by atoms with Crippen LogP contribution in [-0.4, -0.2) is 17.9 Å². The van der Waals surface area contributed by atoms with E-state index in [0.717, 1.165) is 12.8 Å². The zero-order valence-electron chi connectivity index (χ0n) is 11.0. The van der Waals surface area contributed by atoms with Gasteiger partial charge in [-0.15, -0.1) is 0 Å². The second-order valence-electron chi connectivity index (χ2n) is 4.34. The molecular formula is C16H17NO2. The number of methoxy groups -OCH3 is 1. The van der Waals surface area contributed by atoms with Gasteiger partial charge < -0.3 is 4.74 Å². The molecule has 1 aromatic heterocycles. The van der Waals surface area contributed by atoms with Crippen LogP contribution in [0.2, 0.25) is 0 Å². The Morgan fingerprint density at radius 2 is 2.00 bits per heavy atom. The number of carbonyl (C=O) groups is 1. The van der Waals surface area contributed by atoms with E-state index in [1.54, 1.807) is 25.6 Å². The molecule has 0 unspecified atom stereocenters. The summed E-state index contributed by atoms with van der Waals surface area (Å²) in [6.07, 6.45) is 5.47. The summed E-state index contributed by atoms with van der Waals surface area (Å²) in [5.41, 5.74) is 1.88. The lowest BCUT2D eigenvalue weighted by Crippen LogP contribution is -2.03. The monoisotopic (exact) mass is 255 g/mol. The topological polar surface area (TPSA) is 39.2 Å². The van der Waals surface area contributed by atoms with Crippen molar-refractivity contribution >= 4 is 5.78 Å². The molecule has 2 rings (SSSR count). The summed E-state index contributed by atoms with van der Waals surface area (Å²) in [4.78, 5) is 16.1. The molecule has 0 saturated heterocycles. The van der Waals surface area contributed by atoms with E-state index < -0.39 is 0 Å². The Morgan fingerprint density at radius 1 is 1.21 bits per heavy atom. The first-order chi connectivity index (χ1) is 9.31. The number of hydrogen-bond acceptors (Lipinski definition) is 3. The molecule has 19 heavy (non-hydrogen) atoms. The van der Waals surface area contributed by atoms with Gasteiger partial charge in [-0.2, -0.15) is 0 Å². The molecule has 0 aliphatic rings. The summed E-state index contributed by atoms with van der Waals surface area (Å²) in [5.74, 6) is 0.655. The summed E-state index contributed by atoms with van der Waals surface area (Å²) < 4.78 is 5.15. The van der Waals surface area contributed by atoms with Crippen LogP contribution in [0.15, 0.2) is 48.8 Å². The highest BCUT2D eigenvalue weighted by molar-refractivity contribution is 5.98. The number of Topliss-reactive ketones (excluding diaryl/α,β-unsaturated/α-hetero) is 1. The van der Waals surface area contributed by atoms with Gasteiger partial charge in [0.2, 0.25) is 0 Å². The summed E-state index contributed by atoms with van der Waals surface area (Å²) in [5, 5.41) is 0. The van der Waals surface area contributed by atoms with Crippen LogP contribution in [0.25, 0.3) is 0 Å². The highest BCUT2D eigenvalue weighted by Gasteiger charge is 2.11. The third kappa shape index (κ3) is 3.65. The van der Waals surface area contributed by atoms with Gasteiger partial charge in [0, 0.05) is 12.6 Å². The molecule has 0 aliphatic heterocycles. The van der Waals surface area contributed by atoms with Crippen molar-refractivity contribution in [3.05, 3.63) is 59.9 Å². The molecular weight excluding hydrogens is 238 g/mol. The number of hydrogen-bond donors (Lipinski definition) is 0. The highest BCUT2D eigenvalue weighted by atomic mass is 16.5. The number of benzene rings is 1. The summed E-state index contributed by atoms with van der Waals surface area (Å²) >= 11 is 0. The van der Waals surface area contributed by atoms with Crippen molar-refractivity contribution < 1.29 is 9.53 Å². The number of aryl methyl sites for hydroxylation is 1. The van der Waals surface area contributed by atoms with Crippen molar-refractivity contribution in [3.8, 4) is 5.75 Å². The molecule has 98 valence electrons. The largest absolute Gasteiger partial charge is 0.494 e. The van der Waals surface area contributed by atoms with Crippen LogP contribution in [0.1, 0.15) is 28.8 Å². The van der Waals surface area contributed by atoms with Crippen LogP contribution in [0.3, 0.4) is 0 Å². The highest BCUT2D eigenvalue weighted by Crippen LogP contribution is 2.18. The second kappa shape index (κ2) is 6.69. The number of carbonyl (C=O) groups excluding carboxylic acids is 1. The number of pyridine rings is 1. The standard InChI is InChI=1S/C16H17NO2/c1-19-16-12-17-11-10-14(16)15(18)9-5-8-13-6-3-2-4-7-13/h2-4,6-7,10-12H,5,8-9H2,1H3. The van der Waals surface area contributed by atoms with Crippen LogP contribution in [0, 0.1) is 0 Å². The minimum Gasteiger partial charge on any atom is -0.494 e. The van der Waals surface area contributed by atoms with Crippen LogP contribution in [-0.2, 0) is 6.42 Å². The molecule has 0 amide bonds. The Labute approximate surface area is 113 Å². The fourth-order valence-electron chi connectivity index (χ4n) is 2.01. The van der Waals surface area contributed by atoms with E-state index in [0.29, 0.717) is 17.7 Å². The van der Waals surface area contributed by atoms with Crippen molar-refractivity contribution in [2.75, 3.05) is 7.11 Å². The first-order valence-corrected chi connectivity index (χ1v) is 6.36. The Bertz CT molecular complexity index is 537. The summed E-state index contributed by atoms with van der Waals surface area (Å²) in [6.45, 7) is 0. The first kappa shape index (κ1) is 13.3. The predicted octanol–water partition coefficient (Wildman–Crippen LogP) is 3.30. The fraction of sp³-hybridized carbons (Fsp3) is 0.250. The van der Waals surface area contributed by atoms with E-state index in [4.69, 9.17) is 4.74 Å². The zero-order valence-corrected chi connectivity index (χ0v) is 11.0. The number of aromatic nitrogens is 1. The van der Waals surface area contributed by atoms with E-state index in [9.17, 15) is 4.79 Å². The smallest absolute Gasteiger partial charge is 0.166 e. The minimum atomic E-state index is 0.107. The quantitative estimate of drug-likeness (QED) is 0.743. The van der Waals surface area contributed by atoms with Crippen molar-refractivity contribution in [1.29, 1.82) is 0 Å². The predicted molar refractivity (Wildman–Crippen MR) is 74.5 cm³/mol. The maximum atomic E-state index is 12.1. The van der Waals surface area contributed by atoms with E-state index >= 15 is 0 Å². The molecule has 0 spiro atoms. The van der Waals surface area contributed by atoms with Crippen LogP contribution < -0.4 is 4.74 Å². The van der Waals surface area contributed by atoms with E-state index in [-0.39, 0.29) is 5.78 Å². The molecule has 2 aromatic rings. The van der Waals surface area contributed by atoms with Gasteiger partial charge in [-0.1, -0.05) is 30.3 Å². The normalized spacial score (nSPS) is 10.2. The van der Waals surface area contributed by atoms with Gasteiger partial charge in [0.15, 0.2) is 5.78 Å². The maximum Gasteiger partial charge on any atom is 0.166 e. The maximum absolute atomic E-state index is 12.1. The van der Waals surface area contributed by atoms with E-state index in [1.807, 2.05) is 18.2 Å². The van der Waals surface area contributed by atoms with Gasteiger partial charge in [0.25, 0.3) is 0 Å². The van der Waals surface area contributed by atoms with Crippen LogP contribution in [0.4, 0.5) is 0 Å². The van der Waals surface area contributed by atoms with Crippen molar-refractivity contribution in [2.24, 2.45) is 0 Å². The van der Waals surface area contributed by atoms with Gasteiger partial charge >= 0.3 is 0 Å². The third-order valence-electron chi connectivity index (χ3n) is 3.02. The molecule has 3 heteroatoms. The van der Waals surface area contributed by atoms with Crippen LogP contribution >= 0.6 is 0 Å². The Balaban J connectivity index is 1.91. The van der Waals surface area contributed by atoms with Gasteiger partial charge in [0.1, 0.15) is 5.75 Å².